The number of nitrogens with zero attached hydrogens (tertiary/aromatic N) is 2. The first-order chi connectivity index (χ1) is 10.8. The predicted molar refractivity (Wildman–Crippen MR) is 84.7 cm³/mol. The molecule has 0 aliphatic carbocycles. The molecule has 1 unspecified atom stereocenters. The average Bonchev–Trinajstić information content (AvgIpc) is 3.19. The van der Waals surface area contributed by atoms with Crippen molar-refractivity contribution in [1.82, 2.24) is 4.98 Å². The van der Waals surface area contributed by atoms with E-state index >= 15 is 0 Å². The molecule has 1 aliphatic heterocycles. The minimum atomic E-state index is -0.321. The van der Waals surface area contributed by atoms with Crippen molar-refractivity contribution < 1.29 is 8.81 Å². The number of furan rings is 1. The normalized spacial score (nSPS) is 18.3. The van der Waals surface area contributed by atoms with Gasteiger partial charge in [-0.2, -0.15) is 0 Å². The van der Waals surface area contributed by atoms with Gasteiger partial charge >= 0.3 is 0 Å². The Morgan fingerprint density at radius 1 is 1.27 bits per heavy atom. The summed E-state index contributed by atoms with van der Waals surface area (Å²) < 4.78 is 20.4. The minimum Gasteiger partial charge on any atom is -0.467 e. The van der Waals surface area contributed by atoms with E-state index in [1.54, 1.807) is 18.4 Å². The molecule has 0 radical (unpaired) electrons. The van der Waals surface area contributed by atoms with Crippen molar-refractivity contribution >= 4 is 28.2 Å². The molecule has 3 aromatic rings. The standard InChI is InChI=1S/C17H14ClFN2O/c18-12-7-8-20-17-11(12)5-6-14(16(17)19)21-9-1-3-13(21)15-4-2-10-22-15/h2,4-8,10,13H,1,3,9H2. The summed E-state index contributed by atoms with van der Waals surface area (Å²) in [7, 11) is 0. The monoisotopic (exact) mass is 316 g/mol. The first kappa shape index (κ1) is 13.6. The molecular weight excluding hydrogens is 303 g/mol. The third kappa shape index (κ3) is 2.06. The summed E-state index contributed by atoms with van der Waals surface area (Å²) in [5.74, 6) is 0.550. The fourth-order valence-electron chi connectivity index (χ4n) is 3.19. The van der Waals surface area contributed by atoms with Crippen LogP contribution in [0, 0.1) is 5.82 Å². The zero-order chi connectivity index (χ0) is 15.1. The van der Waals surface area contributed by atoms with Crippen LogP contribution < -0.4 is 4.90 Å². The van der Waals surface area contributed by atoms with E-state index in [1.807, 2.05) is 18.2 Å². The zero-order valence-electron chi connectivity index (χ0n) is 11.8. The molecule has 5 heteroatoms. The Labute approximate surface area is 132 Å². The third-order valence-corrected chi connectivity index (χ3v) is 4.54. The average molecular weight is 317 g/mol. The molecule has 1 aromatic carbocycles. The van der Waals surface area contributed by atoms with Crippen LogP contribution in [0.3, 0.4) is 0 Å². The molecule has 0 bridgehead atoms. The van der Waals surface area contributed by atoms with Gasteiger partial charge in [0.1, 0.15) is 11.3 Å². The smallest absolute Gasteiger partial charge is 0.172 e. The number of hydrogen-bond acceptors (Lipinski definition) is 3. The molecule has 22 heavy (non-hydrogen) atoms. The fourth-order valence-corrected chi connectivity index (χ4v) is 3.40. The highest BCUT2D eigenvalue weighted by Gasteiger charge is 2.30. The van der Waals surface area contributed by atoms with E-state index in [0.717, 1.165) is 25.1 Å². The molecule has 0 amide bonds. The number of benzene rings is 1. The van der Waals surface area contributed by atoms with Crippen molar-refractivity contribution in [3.8, 4) is 0 Å². The van der Waals surface area contributed by atoms with Gasteiger partial charge in [-0.25, -0.2) is 4.39 Å². The number of aromatic nitrogens is 1. The summed E-state index contributed by atoms with van der Waals surface area (Å²) in [6.07, 6.45) is 5.15. The van der Waals surface area contributed by atoms with Gasteiger partial charge in [0.15, 0.2) is 5.82 Å². The number of halogens is 2. The summed E-state index contributed by atoms with van der Waals surface area (Å²) in [5, 5.41) is 1.15. The first-order valence-electron chi connectivity index (χ1n) is 7.28. The number of hydrogen-bond donors (Lipinski definition) is 0. The van der Waals surface area contributed by atoms with Crippen LogP contribution in [0.25, 0.3) is 10.9 Å². The molecule has 112 valence electrons. The Morgan fingerprint density at radius 3 is 3.00 bits per heavy atom. The van der Waals surface area contributed by atoms with Gasteiger partial charge in [0.25, 0.3) is 0 Å². The van der Waals surface area contributed by atoms with E-state index < -0.39 is 0 Å². The van der Waals surface area contributed by atoms with Gasteiger partial charge in [-0.1, -0.05) is 11.6 Å². The summed E-state index contributed by atoms with van der Waals surface area (Å²) >= 11 is 6.12. The first-order valence-corrected chi connectivity index (χ1v) is 7.66. The van der Waals surface area contributed by atoms with Crippen LogP contribution >= 0.6 is 11.6 Å². The summed E-state index contributed by atoms with van der Waals surface area (Å²) in [5.41, 5.74) is 0.872. The molecule has 1 aliphatic rings. The van der Waals surface area contributed by atoms with Crippen molar-refractivity contribution in [1.29, 1.82) is 0 Å². The maximum Gasteiger partial charge on any atom is 0.172 e. The van der Waals surface area contributed by atoms with E-state index in [1.165, 1.54) is 6.20 Å². The highest BCUT2D eigenvalue weighted by atomic mass is 35.5. The molecule has 0 N–H and O–H groups in total. The van der Waals surface area contributed by atoms with E-state index in [0.29, 0.717) is 21.6 Å². The van der Waals surface area contributed by atoms with Crippen LogP contribution in [0.1, 0.15) is 24.6 Å². The molecule has 4 rings (SSSR count). The number of fused-ring (bicyclic) bond motifs is 1. The maximum atomic E-state index is 14.9. The predicted octanol–water partition coefficient (Wildman–Crippen LogP) is 4.96. The summed E-state index contributed by atoms with van der Waals surface area (Å²) in [6.45, 7) is 0.800. The van der Waals surface area contributed by atoms with Crippen molar-refractivity contribution in [3.63, 3.8) is 0 Å². The van der Waals surface area contributed by atoms with E-state index in [-0.39, 0.29) is 11.9 Å². The second kappa shape index (κ2) is 5.29. The lowest BCUT2D eigenvalue weighted by molar-refractivity contribution is 0.463. The summed E-state index contributed by atoms with van der Waals surface area (Å²) in [6, 6.07) is 9.17. The van der Waals surface area contributed by atoms with Crippen molar-refractivity contribution in [3.05, 3.63) is 59.4 Å². The lowest BCUT2D eigenvalue weighted by Gasteiger charge is -2.26. The Morgan fingerprint density at radius 2 is 2.18 bits per heavy atom. The quantitative estimate of drug-likeness (QED) is 0.669. The summed E-state index contributed by atoms with van der Waals surface area (Å²) in [4.78, 5) is 6.20. The lowest BCUT2D eigenvalue weighted by Crippen LogP contribution is -2.23. The maximum absolute atomic E-state index is 14.9. The molecule has 2 aromatic heterocycles. The van der Waals surface area contributed by atoms with Crippen LogP contribution in [0.5, 0.6) is 0 Å². The lowest BCUT2D eigenvalue weighted by atomic mass is 10.1. The highest BCUT2D eigenvalue weighted by Crippen LogP contribution is 2.39. The molecule has 1 saturated heterocycles. The van der Waals surface area contributed by atoms with Crippen LogP contribution in [0.15, 0.2) is 47.2 Å². The van der Waals surface area contributed by atoms with Gasteiger partial charge in [-0.3, -0.25) is 4.98 Å². The molecular formula is C17H14ClFN2O. The van der Waals surface area contributed by atoms with E-state index in [9.17, 15) is 4.39 Å². The van der Waals surface area contributed by atoms with Crippen LogP contribution in [0.2, 0.25) is 5.02 Å². The Balaban J connectivity index is 1.82. The number of pyridine rings is 1. The second-order valence-corrected chi connectivity index (χ2v) is 5.86. The van der Waals surface area contributed by atoms with Crippen LogP contribution in [0.4, 0.5) is 10.1 Å². The Kier molecular flexibility index (Phi) is 3.26. The third-order valence-electron chi connectivity index (χ3n) is 4.21. The van der Waals surface area contributed by atoms with Gasteiger partial charge < -0.3 is 9.32 Å². The van der Waals surface area contributed by atoms with Gasteiger partial charge in [0.05, 0.1) is 23.0 Å². The Bertz CT molecular complexity index is 819. The Hall–Kier alpha value is -2.07. The van der Waals surface area contributed by atoms with Gasteiger partial charge in [-0.05, 0) is 43.2 Å². The topological polar surface area (TPSA) is 29.3 Å². The van der Waals surface area contributed by atoms with Crippen molar-refractivity contribution in [2.45, 2.75) is 18.9 Å². The van der Waals surface area contributed by atoms with Gasteiger partial charge in [-0.15, -0.1) is 0 Å². The van der Waals surface area contributed by atoms with Crippen molar-refractivity contribution in [2.24, 2.45) is 0 Å². The number of anilines is 1. The number of rotatable bonds is 2. The zero-order valence-corrected chi connectivity index (χ0v) is 12.6. The van der Waals surface area contributed by atoms with Crippen molar-refractivity contribution in [2.75, 3.05) is 11.4 Å². The minimum absolute atomic E-state index is 0.0705. The van der Waals surface area contributed by atoms with Crippen LogP contribution in [-0.2, 0) is 0 Å². The second-order valence-electron chi connectivity index (χ2n) is 5.45. The molecule has 3 heterocycles. The molecule has 1 fully saturated rings. The largest absolute Gasteiger partial charge is 0.467 e. The molecule has 1 atom stereocenters. The van der Waals surface area contributed by atoms with Gasteiger partial charge in [0, 0.05) is 18.1 Å². The van der Waals surface area contributed by atoms with Gasteiger partial charge in [0.2, 0.25) is 0 Å². The van der Waals surface area contributed by atoms with E-state index in [4.69, 9.17) is 16.0 Å². The SMILES string of the molecule is Fc1c(N2CCCC2c2ccco2)ccc2c(Cl)ccnc12. The highest BCUT2D eigenvalue weighted by molar-refractivity contribution is 6.35. The molecule has 0 saturated carbocycles. The molecule has 3 nitrogen and oxygen atoms in total. The fraction of sp³-hybridized carbons (Fsp3) is 0.235. The molecule has 0 spiro atoms. The van der Waals surface area contributed by atoms with E-state index in [2.05, 4.69) is 9.88 Å². The van der Waals surface area contributed by atoms with Crippen LogP contribution in [-0.4, -0.2) is 11.5 Å².